The van der Waals surface area contributed by atoms with E-state index in [2.05, 4.69) is 4.74 Å². The summed E-state index contributed by atoms with van der Waals surface area (Å²) in [7, 11) is 0. The van der Waals surface area contributed by atoms with Crippen LogP contribution in [0.25, 0.3) is 0 Å². The van der Waals surface area contributed by atoms with Crippen molar-refractivity contribution < 1.29 is 19.1 Å². The number of rotatable bonds is 4. The van der Waals surface area contributed by atoms with Crippen molar-refractivity contribution in [1.82, 2.24) is 0 Å². The summed E-state index contributed by atoms with van der Waals surface area (Å²) >= 11 is 0. The third-order valence-electron chi connectivity index (χ3n) is 0.960. The fourth-order valence-electron chi connectivity index (χ4n) is 0.541. The van der Waals surface area contributed by atoms with Crippen LogP contribution in [0.5, 0.6) is 0 Å². The van der Waals surface area contributed by atoms with Crippen molar-refractivity contribution in [2.45, 2.75) is 26.2 Å². The quantitative estimate of drug-likeness (QED) is 0.198. The molecule has 0 aliphatic heterocycles. The predicted molar refractivity (Wildman–Crippen MR) is 43.8 cm³/mol. The van der Waals surface area contributed by atoms with Crippen molar-refractivity contribution in [2.24, 2.45) is 0 Å². The Balaban J connectivity index is 0. The van der Waals surface area contributed by atoms with E-state index in [1.54, 1.807) is 0 Å². The van der Waals surface area contributed by atoms with E-state index >= 15 is 0 Å². The molecule has 0 aliphatic carbocycles. The average Bonchev–Trinajstić information content (AvgIpc) is 1.86. The average molecular weight is 182 g/mol. The number of esters is 2. The van der Waals surface area contributed by atoms with Gasteiger partial charge in [-0.1, -0.05) is 0 Å². The summed E-state index contributed by atoms with van der Waals surface area (Å²) in [5.74, 6) is -1.18. The Morgan fingerprint density at radius 1 is 1.42 bits per heavy atom. The van der Waals surface area contributed by atoms with Gasteiger partial charge in [0.1, 0.15) is 6.29 Å². The van der Waals surface area contributed by atoms with Gasteiger partial charge in [0, 0.05) is 19.8 Å². The number of carbonyl (C=O) groups excluding carboxylic acids is 3. The van der Waals surface area contributed by atoms with Crippen LogP contribution >= 0.6 is 0 Å². The second-order valence-corrected chi connectivity index (χ2v) is 2.02. The first kappa shape index (κ1) is 14.3. The predicted octanol–water partition coefficient (Wildman–Crippen LogP) is -0.203. The van der Waals surface area contributed by atoms with Crippen molar-refractivity contribution in [2.75, 3.05) is 0 Å². The summed E-state index contributed by atoms with van der Waals surface area (Å²) in [6, 6.07) is 0. The molecule has 0 saturated carbocycles. The molecule has 0 unspecified atom stereocenters. The molecule has 0 amide bonds. The molecule has 0 spiro atoms. The van der Waals surface area contributed by atoms with E-state index < -0.39 is 11.9 Å². The van der Waals surface area contributed by atoms with Gasteiger partial charge in [-0.2, -0.15) is 0 Å². The molecule has 0 radical (unpaired) electrons. The summed E-state index contributed by atoms with van der Waals surface area (Å²) in [5.41, 5.74) is 0. The van der Waals surface area contributed by atoms with Crippen LogP contribution < -0.4 is 0 Å². The molecule has 0 aliphatic rings. The molecule has 0 rings (SSSR count). The zero-order valence-electron chi connectivity index (χ0n) is 6.33. The summed E-state index contributed by atoms with van der Waals surface area (Å²) < 4.78 is 4.20. The van der Waals surface area contributed by atoms with E-state index in [1.807, 2.05) is 0 Å². The van der Waals surface area contributed by atoms with Gasteiger partial charge in [-0.3, -0.25) is 9.59 Å². The van der Waals surface area contributed by atoms with Gasteiger partial charge in [-0.25, -0.2) is 0 Å². The zero-order chi connectivity index (χ0) is 8.69. The van der Waals surface area contributed by atoms with Crippen LogP contribution in [0.2, 0.25) is 0 Å². The van der Waals surface area contributed by atoms with Gasteiger partial charge in [0.25, 0.3) is 0 Å². The number of unbranched alkanes of at least 4 members (excludes halogenated alkanes) is 1. The first-order chi connectivity index (χ1) is 5.16. The fourth-order valence-corrected chi connectivity index (χ4v) is 0.541. The Hall–Kier alpha value is -0.190. The molecule has 0 aromatic heterocycles. The molecule has 4 nitrogen and oxygen atoms in total. The number of hydrogen-bond donors (Lipinski definition) is 0. The Morgan fingerprint density at radius 3 is 2.42 bits per heavy atom. The minimum atomic E-state index is -0.610. The van der Waals surface area contributed by atoms with Gasteiger partial charge < -0.3 is 9.53 Å². The van der Waals surface area contributed by atoms with E-state index in [0.717, 1.165) is 13.2 Å². The van der Waals surface area contributed by atoms with Crippen LogP contribution in [0.1, 0.15) is 26.2 Å². The van der Waals surface area contributed by atoms with Gasteiger partial charge in [0.2, 0.25) is 0 Å². The summed E-state index contributed by atoms with van der Waals surface area (Å²) in [4.78, 5) is 30.5. The van der Waals surface area contributed by atoms with Gasteiger partial charge in [-0.15, -0.1) is 0 Å². The first-order valence-electron chi connectivity index (χ1n) is 3.31. The van der Waals surface area contributed by atoms with E-state index in [-0.39, 0.29) is 36.0 Å². The van der Waals surface area contributed by atoms with E-state index in [1.165, 1.54) is 0 Å². The standard InChI is InChI=1S/C7H10O4.Na.H/c1-6(9)11-7(10)4-2-3-5-8;;/h5H,2-4H2,1H3;;. The maximum absolute atomic E-state index is 10.6. The van der Waals surface area contributed by atoms with Gasteiger partial charge in [0.15, 0.2) is 0 Å². The van der Waals surface area contributed by atoms with Crippen LogP contribution in [0.4, 0.5) is 0 Å². The van der Waals surface area contributed by atoms with Crippen molar-refractivity contribution in [3.05, 3.63) is 0 Å². The van der Waals surface area contributed by atoms with E-state index in [4.69, 9.17) is 0 Å². The zero-order valence-corrected chi connectivity index (χ0v) is 6.33. The monoisotopic (exact) mass is 182 g/mol. The Kier molecular flexibility index (Phi) is 10.6. The summed E-state index contributed by atoms with van der Waals surface area (Å²) in [6.07, 6.45) is 1.61. The van der Waals surface area contributed by atoms with Gasteiger partial charge >= 0.3 is 41.5 Å². The maximum atomic E-state index is 10.6. The second kappa shape index (κ2) is 8.90. The van der Waals surface area contributed by atoms with E-state index in [0.29, 0.717) is 12.8 Å². The van der Waals surface area contributed by atoms with Crippen LogP contribution in [0.3, 0.4) is 0 Å². The van der Waals surface area contributed by atoms with Crippen molar-refractivity contribution in [3.63, 3.8) is 0 Å². The molecular weight excluding hydrogens is 171 g/mol. The number of carbonyl (C=O) groups is 3. The fraction of sp³-hybridized carbons (Fsp3) is 0.571. The number of ether oxygens (including phenoxy) is 1. The second-order valence-electron chi connectivity index (χ2n) is 2.02. The first-order valence-corrected chi connectivity index (χ1v) is 3.31. The molecule has 0 aromatic rings. The molecule has 12 heavy (non-hydrogen) atoms. The summed E-state index contributed by atoms with van der Waals surface area (Å²) in [5, 5.41) is 0. The molecule has 0 bridgehead atoms. The number of aldehydes is 1. The van der Waals surface area contributed by atoms with Crippen LogP contribution in [-0.2, 0) is 19.1 Å². The van der Waals surface area contributed by atoms with E-state index in [9.17, 15) is 14.4 Å². The SMILES string of the molecule is CC(=O)OC(=O)CCCC=O.[NaH]. The minimum absolute atomic E-state index is 0. The molecule has 0 aromatic carbocycles. The topological polar surface area (TPSA) is 60.4 Å². The molecule has 0 saturated heterocycles. The molecule has 0 fully saturated rings. The van der Waals surface area contributed by atoms with Gasteiger partial charge in [0.05, 0.1) is 0 Å². The van der Waals surface area contributed by atoms with Gasteiger partial charge in [-0.05, 0) is 6.42 Å². The van der Waals surface area contributed by atoms with Crippen molar-refractivity contribution in [1.29, 1.82) is 0 Å². The molecular formula is C7H11NaO4. The Morgan fingerprint density at radius 2 is 2.00 bits per heavy atom. The van der Waals surface area contributed by atoms with Crippen LogP contribution in [0, 0.1) is 0 Å². The summed E-state index contributed by atoms with van der Waals surface area (Å²) in [6.45, 7) is 1.16. The third kappa shape index (κ3) is 9.81. The molecule has 64 valence electrons. The number of hydrogen-bond acceptors (Lipinski definition) is 4. The molecule has 0 heterocycles. The Labute approximate surface area is 92.9 Å². The Bertz CT molecular complexity index is 167. The normalized spacial score (nSPS) is 8.08. The molecule has 5 heteroatoms. The van der Waals surface area contributed by atoms with Crippen molar-refractivity contribution >= 4 is 47.8 Å². The third-order valence-corrected chi connectivity index (χ3v) is 0.960. The van der Waals surface area contributed by atoms with Crippen molar-refractivity contribution in [3.8, 4) is 0 Å². The van der Waals surface area contributed by atoms with Crippen LogP contribution in [0.15, 0.2) is 0 Å². The molecule has 0 atom stereocenters. The van der Waals surface area contributed by atoms with Crippen LogP contribution in [-0.4, -0.2) is 47.8 Å². The molecule has 0 N–H and O–H groups in total.